The number of nitrogens with zero attached hydrogens (tertiary/aromatic N) is 2. The Kier molecular flexibility index (Phi) is 4.87. The smallest absolute Gasteiger partial charge is 0.433 e. The lowest BCUT2D eigenvalue weighted by Crippen LogP contribution is -2.12. The minimum absolute atomic E-state index is 0.0203. The Hall–Kier alpha value is -2.23. The number of aromatic nitrogens is 2. The summed E-state index contributed by atoms with van der Waals surface area (Å²) in [6.07, 6.45) is -8.13. The highest BCUT2D eigenvalue weighted by Gasteiger charge is 2.36. The van der Waals surface area contributed by atoms with Crippen molar-refractivity contribution in [1.82, 2.24) is 9.61 Å². The molecule has 10 heteroatoms. The van der Waals surface area contributed by atoms with Crippen molar-refractivity contribution in [3.8, 4) is 16.9 Å². The van der Waals surface area contributed by atoms with Crippen LogP contribution in [-0.4, -0.2) is 16.2 Å². The summed E-state index contributed by atoms with van der Waals surface area (Å²) < 4.78 is 85.6. The Balaban J connectivity index is 2.23. The van der Waals surface area contributed by atoms with Gasteiger partial charge in [-0.3, -0.25) is 0 Å². The lowest BCUT2D eigenvalue weighted by atomic mass is 10.0. The van der Waals surface area contributed by atoms with Gasteiger partial charge in [0, 0.05) is 0 Å². The number of pyridine rings is 1. The zero-order chi connectivity index (χ0) is 20.0. The third-order valence-electron chi connectivity index (χ3n) is 3.78. The molecule has 27 heavy (non-hydrogen) atoms. The maximum absolute atomic E-state index is 13.4. The van der Waals surface area contributed by atoms with E-state index in [-0.39, 0.29) is 23.3 Å². The molecule has 0 atom stereocenters. The first-order valence-corrected chi connectivity index (χ1v) is 8.40. The molecule has 0 amide bonds. The average Bonchev–Trinajstić information content (AvgIpc) is 2.93. The summed E-state index contributed by atoms with van der Waals surface area (Å²) in [5.74, 6) is -0.441. The Labute approximate surface area is 157 Å². The van der Waals surface area contributed by atoms with E-state index in [2.05, 4.69) is 21.0 Å². The van der Waals surface area contributed by atoms with Crippen LogP contribution < -0.4 is 4.74 Å². The van der Waals surface area contributed by atoms with E-state index in [9.17, 15) is 26.3 Å². The second-order valence-electron chi connectivity index (χ2n) is 5.56. The first-order valence-electron chi connectivity index (χ1n) is 7.61. The van der Waals surface area contributed by atoms with Gasteiger partial charge in [-0.25, -0.2) is 4.52 Å². The largest absolute Gasteiger partial charge is 0.493 e. The molecule has 3 rings (SSSR count). The highest BCUT2D eigenvalue weighted by Crippen LogP contribution is 2.40. The number of halogens is 7. The SMILES string of the molecule is CCOc1cc(-c2cc(C(F)(F)F)n3ncc(Br)c3c2)ccc1C(F)(F)F. The van der Waals surface area contributed by atoms with Gasteiger partial charge in [-0.05, 0) is 58.2 Å². The van der Waals surface area contributed by atoms with Crippen LogP contribution in [-0.2, 0) is 12.4 Å². The number of hydrogen-bond acceptors (Lipinski definition) is 2. The van der Waals surface area contributed by atoms with Gasteiger partial charge in [0.25, 0.3) is 0 Å². The van der Waals surface area contributed by atoms with Gasteiger partial charge in [0.05, 0.1) is 28.4 Å². The van der Waals surface area contributed by atoms with Crippen molar-refractivity contribution in [1.29, 1.82) is 0 Å². The van der Waals surface area contributed by atoms with Crippen molar-refractivity contribution in [2.75, 3.05) is 6.61 Å². The number of fused-ring (bicyclic) bond motifs is 1. The van der Waals surface area contributed by atoms with Crippen molar-refractivity contribution in [2.24, 2.45) is 0 Å². The first kappa shape index (κ1) is 19.5. The van der Waals surface area contributed by atoms with Gasteiger partial charge >= 0.3 is 12.4 Å². The molecule has 0 unspecified atom stereocenters. The van der Waals surface area contributed by atoms with E-state index in [1.807, 2.05) is 0 Å². The topological polar surface area (TPSA) is 26.5 Å². The number of hydrogen-bond donors (Lipinski definition) is 0. The minimum Gasteiger partial charge on any atom is -0.493 e. The molecule has 0 saturated carbocycles. The van der Waals surface area contributed by atoms with Crippen molar-refractivity contribution < 1.29 is 31.1 Å². The van der Waals surface area contributed by atoms with Crippen molar-refractivity contribution in [3.63, 3.8) is 0 Å². The second kappa shape index (κ2) is 6.74. The summed E-state index contributed by atoms with van der Waals surface area (Å²) in [6, 6.07) is 5.24. The molecule has 2 aromatic heterocycles. The van der Waals surface area contributed by atoms with Crippen LogP contribution in [0.5, 0.6) is 5.75 Å². The molecule has 0 aliphatic carbocycles. The van der Waals surface area contributed by atoms with Crippen LogP contribution in [0.15, 0.2) is 41.0 Å². The number of rotatable bonds is 3. The maximum atomic E-state index is 13.4. The van der Waals surface area contributed by atoms with Crippen LogP contribution in [0.2, 0.25) is 0 Å². The summed E-state index contributed by atoms with van der Waals surface area (Å²) in [6.45, 7) is 1.50. The van der Waals surface area contributed by atoms with Crippen LogP contribution in [0, 0.1) is 0 Å². The van der Waals surface area contributed by atoms with Gasteiger partial charge in [-0.1, -0.05) is 6.07 Å². The lowest BCUT2D eigenvalue weighted by molar-refractivity contribution is -0.142. The molecule has 144 valence electrons. The summed E-state index contributed by atoms with van der Waals surface area (Å²) in [5.41, 5.74) is -1.65. The van der Waals surface area contributed by atoms with E-state index in [0.29, 0.717) is 4.47 Å². The monoisotopic (exact) mass is 452 g/mol. The average molecular weight is 453 g/mol. The Morgan fingerprint density at radius 1 is 1.00 bits per heavy atom. The van der Waals surface area contributed by atoms with Gasteiger partial charge in [0.2, 0.25) is 0 Å². The molecular formula is C17H11BrF6N2O. The van der Waals surface area contributed by atoms with Gasteiger partial charge in [-0.15, -0.1) is 0 Å². The fourth-order valence-corrected chi connectivity index (χ4v) is 3.01. The molecule has 0 spiro atoms. The number of alkyl halides is 6. The molecule has 0 fully saturated rings. The van der Waals surface area contributed by atoms with Gasteiger partial charge < -0.3 is 4.74 Å². The summed E-state index contributed by atoms with van der Waals surface area (Å²) >= 11 is 3.13. The van der Waals surface area contributed by atoms with Crippen LogP contribution >= 0.6 is 15.9 Å². The molecule has 0 bridgehead atoms. The number of ether oxygens (including phenoxy) is 1. The molecule has 0 N–H and O–H groups in total. The highest BCUT2D eigenvalue weighted by molar-refractivity contribution is 9.10. The predicted molar refractivity (Wildman–Crippen MR) is 89.5 cm³/mol. The van der Waals surface area contributed by atoms with Gasteiger partial charge in [-0.2, -0.15) is 31.4 Å². The lowest BCUT2D eigenvalue weighted by Gasteiger charge is -2.16. The third kappa shape index (κ3) is 3.76. The first-order chi connectivity index (χ1) is 12.5. The second-order valence-corrected chi connectivity index (χ2v) is 6.41. The van der Waals surface area contributed by atoms with Gasteiger partial charge in [0.15, 0.2) is 0 Å². The molecule has 3 nitrogen and oxygen atoms in total. The third-order valence-corrected chi connectivity index (χ3v) is 4.39. The van der Waals surface area contributed by atoms with Gasteiger partial charge in [0.1, 0.15) is 11.4 Å². The zero-order valence-corrected chi connectivity index (χ0v) is 15.2. The number of benzene rings is 1. The zero-order valence-electron chi connectivity index (χ0n) is 13.6. The Morgan fingerprint density at radius 3 is 2.30 bits per heavy atom. The highest BCUT2D eigenvalue weighted by atomic mass is 79.9. The molecule has 0 aliphatic heterocycles. The van der Waals surface area contributed by atoms with E-state index in [1.165, 1.54) is 19.2 Å². The van der Waals surface area contributed by atoms with Crippen LogP contribution in [0.3, 0.4) is 0 Å². The minimum atomic E-state index is -4.70. The van der Waals surface area contributed by atoms with Crippen molar-refractivity contribution in [3.05, 3.63) is 52.3 Å². The van der Waals surface area contributed by atoms with Crippen LogP contribution in [0.4, 0.5) is 26.3 Å². The van der Waals surface area contributed by atoms with E-state index in [0.717, 1.165) is 28.8 Å². The fraction of sp³-hybridized carbons (Fsp3) is 0.235. The van der Waals surface area contributed by atoms with E-state index < -0.39 is 29.4 Å². The predicted octanol–water partition coefficient (Wildman–Crippen LogP) is 6.20. The normalized spacial score (nSPS) is 12.6. The van der Waals surface area contributed by atoms with Crippen molar-refractivity contribution >= 4 is 21.4 Å². The fourth-order valence-electron chi connectivity index (χ4n) is 2.64. The van der Waals surface area contributed by atoms with Crippen molar-refractivity contribution in [2.45, 2.75) is 19.3 Å². The molecule has 0 saturated heterocycles. The molecule has 1 aromatic carbocycles. The van der Waals surface area contributed by atoms with E-state index >= 15 is 0 Å². The van der Waals surface area contributed by atoms with E-state index in [4.69, 9.17) is 4.74 Å². The quantitative estimate of drug-likeness (QED) is 0.442. The van der Waals surface area contributed by atoms with Crippen LogP contribution in [0.25, 0.3) is 16.6 Å². The summed E-state index contributed by atoms with van der Waals surface area (Å²) in [4.78, 5) is 0. The Bertz CT molecular complexity index is 993. The Morgan fingerprint density at radius 2 is 1.70 bits per heavy atom. The summed E-state index contributed by atoms with van der Waals surface area (Å²) in [7, 11) is 0. The van der Waals surface area contributed by atoms with Crippen LogP contribution in [0.1, 0.15) is 18.2 Å². The standard InChI is InChI=1S/C17H11BrF6N2O/c1-2-27-14-6-9(3-4-11(14)16(19,20)21)10-5-13-12(18)8-25-26(13)15(7-10)17(22,23)24/h3-8H,2H2,1H3. The molecule has 0 aliphatic rings. The molecule has 3 aromatic rings. The summed E-state index contributed by atoms with van der Waals surface area (Å²) in [5, 5.41) is 3.69. The maximum Gasteiger partial charge on any atom is 0.433 e. The molecular weight excluding hydrogens is 442 g/mol. The molecule has 2 heterocycles. The van der Waals surface area contributed by atoms with E-state index in [1.54, 1.807) is 0 Å². The molecule has 0 radical (unpaired) electrons.